The second-order valence-electron chi connectivity index (χ2n) is 4.27. The Morgan fingerprint density at radius 1 is 1.37 bits per heavy atom. The van der Waals surface area contributed by atoms with Gasteiger partial charge in [0.25, 0.3) is 0 Å². The summed E-state index contributed by atoms with van der Waals surface area (Å²) in [6.45, 7) is 4.35. The number of halogens is 1. The van der Waals surface area contributed by atoms with Crippen LogP contribution >= 0.6 is 34.7 Å². The maximum absolute atomic E-state index is 9.41. The molecular weight excluding hydrogens is 294 g/mol. The Hall–Kier alpha value is -0.950. The highest BCUT2D eigenvalue weighted by atomic mass is 35.5. The summed E-state index contributed by atoms with van der Waals surface area (Å²) < 4.78 is 1.11. The maximum Gasteiger partial charge on any atom is 0.102 e. The van der Waals surface area contributed by atoms with Gasteiger partial charge in [0.05, 0.1) is 9.77 Å². The normalized spacial score (nSPS) is 12.1. The van der Waals surface area contributed by atoms with E-state index in [1.165, 1.54) is 0 Å². The summed E-state index contributed by atoms with van der Waals surface area (Å²) in [6, 6.07) is 9.98. The molecule has 0 fully saturated rings. The fraction of sp³-hybridized carbons (Fsp3) is 0.267. The molecule has 0 aliphatic carbocycles. The van der Waals surface area contributed by atoms with Crippen LogP contribution in [0.3, 0.4) is 0 Å². The van der Waals surface area contributed by atoms with Gasteiger partial charge in [-0.3, -0.25) is 0 Å². The van der Waals surface area contributed by atoms with Crippen molar-refractivity contribution in [3.63, 3.8) is 0 Å². The van der Waals surface area contributed by atoms with Gasteiger partial charge in [-0.05, 0) is 24.1 Å². The third kappa shape index (κ3) is 3.33. The number of thioether (sulfide) groups is 1. The number of rotatable bonds is 4. The zero-order valence-electron chi connectivity index (χ0n) is 10.8. The second kappa shape index (κ2) is 6.47. The van der Waals surface area contributed by atoms with E-state index in [-0.39, 0.29) is 0 Å². The number of hydrogen-bond donors (Lipinski definition) is 0. The largest absolute Gasteiger partial charge is 0.192 e. The van der Waals surface area contributed by atoms with Gasteiger partial charge in [-0.1, -0.05) is 37.6 Å². The van der Waals surface area contributed by atoms with Crippen molar-refractivity contribution in [1.29, 1.82) is 5.26 Å². The molecule has 1 aromatic heterocycles. The lowest BCUT2D eigenvalue weighted by molar-refractivity contribution is 0.907. The molecular formula is C15H14ClNS2. The Balaban J connectivity index is 2.37. The first-order valence-corrected chi connectivity index (χ1v) is 8.23. The number of hydrogen-bond acceptors (Lipinski definition) is 3. The van der Waals surface area contributed by atoms with Crippen LogP contribution in [0.2, 0.25) is 5.02 Å². The van der Waals surface area contributed by atoms with Gasteiger partial charge >= 0.3 is 0 Å². The summed E-state index contributed by atoms with van der Waals surface area (Å²) in [5.74, 6) is 0. The van der Waals surface area contributed by atoms with Gasteiger partial charge in [-0.15, -0.1) is 23.1 Å². The lowest BCUT2D eigenvalue weighted by Crippen LogP contribution is -1.91. The summed E-state index contributed by atoms with van der Waals surface area (Å²) >= 11 is 9.33. The molecule has 1 heterocycles. The van der Waals surface area contributed by atoms with E-state index in [0.717, 1.165) is 27.3 Å². The molecule has 0 amide bonds. The fourth-order valence-electron chi connectivity index (χ4n) is 1.64. The number of nitrogens with zero attached hydrogens (tertiary/aromatic N) is 1. The smallest absolute Gasteiger partial charge is 0.102 e. The highest BCUT2D eigenvalue weighted by Gasteiger charge is 2.15. The molecule has 0 N–H and O–H groups in total. The molecule has 19 heavy (non-hydrogen) atoms. The van der Waals surface area contributed by atoms with Gasteiger partial charge in [0.15, 0.2) is 0 Å². The van der Waals surface area contributed by atoms with Gasteiger partial charge in [0.2, 0.25) is 0 Å². The Kier molecular flexibility index (Phi) is 4.93. The standard InChI is InChI=1S/C15H14ClNS2/c1-3-10(2)19-15-13(8-17)14(9-18-15)11-4-6-12(16)7-5-11/h4-7,9-10H,3H2,1-2H3/t10-/m1/s1. The van der Waals surface area contributed by atoms with Crippen LogP contribution in [-0.4, -0.2) is 5.25 Å². The minimum atomic E-state index is 0.531. The van der Waals surface area contributed by atoms with E-state index in [0.29, 0.717) is 10.3 Å². The van der Waals surface area contributed by atoms with Crippen LogP contribution in [0.15, 0.2) is 33.9 Å². The van der Waals surface area contributed by atoms with Crippen LogP contribution in [0.1, 0.15) is 25.8 Å². The molecule has 0 aliphatic rings. The van der Waals surface area contributed by atoms with Crippen molar-refractivity contribution in [3.05, 3.63) is 40.2 Å². The molecule has 0 saturated heterocycles. The molecule has 4 heteroatoms. The molecule has 0 radical (unpaired) electrons. The quantitative estimate of drug-likeness (QED) is 0.663. The van der Waals surface area contributed by atoms with Crippen LogP contribution < -0.4 is 0 Å². The van der Waals surface area contributed by atoms with E-state index >= 15 is 0 Å². The summed E-state index contributed by atoms with van der Waals surface area (Å²) in [4.78, 5) is 0. The van der Waals surface area contributed by atoms with Crippen molar-refractivity contribution in [2.75, 3.05) is 0 Å². The molecule has 1 aromatic carbocycles. The lowest BCUT2D eigenvalue weighted by Gasteiger charge is -2.06. The van der Waals surface area contributed by atoms with E-state index in [9.17, 15) is 5.26 Å². The van der Waals surface area contributed by atoms with Crippen LogP contribution in [0.5, 0.6) is 0 Å². The topological polar surface area (TPSA) is 23.8 Å². The number of thiophene rings is 1. The summed E-state index contributed by atoms with van der Waals surface area (Å²) in [7, 11) is 0. The third-order valence-electron chi connectivity index (χ3n) is 2.91. The lowest BCUT2D eigenvalue weighted by atomic mass is 10.1. The number of benzene rings is 1. The molecule has 1 nitrogen and oxygen atoms in total. The minimum Gasteiger partial charge on any atom is -0.192 e. The maximum atomic E-state index is 9.41. The van der Waals surface area contributed by atoms with Crippen molar-refractivity contribution < 1.29 is 0 Å². The van der Waals surface area contributed by atoms with Crippen molar-refractivity contribution in [3.8, 4) is 17.2 Å². The van der Waals surface area contributed by atoms with Crippen molar-refractivity contribution in [1.82, 2.24) is 0 Å². The van der Waals surface area contributed by atoms with Crippen molar-refractivity contribution in [2.24, 2.45) is 0 Å². The van der Waals surface area contributed by atoms with Gasteiger partial charge < -0.3 is 0 Å². The number of nitriles is 1. The first kappa shape index (κ1) is 14.5. The zero-order chi connectivity index (χ0) is 13.8. The Labute approximate surface area is 127 Å². The van der Waals surface area contributed by atoms with E-state index < -0.39 is 0 Å². The average molecular weight is 308 g/mol. The summed E-state index contributed by atoms with van der Waals surface area (Å²) in [5, 5.41) is 12.7. The monoisotopic (exact) mass is 307 g/mol. The van der Waals surface area contributed by atoms with E-state index in [4.69, 9.17) is 11.6 Å². The first-order chi connectivity index (χ1) is 9.15. The minimum absolute atomic E-state index is 0.531. The van der Waals surface area contributed by atoms with Crippen LogP contribution in [0.4, 0.5) is 0 Å². The van der Waals surface area contributed by atoms with Gasteiger partial charge in [-0.25, -0.2) is 0 Å². The first-order valence-electron chi connectivity index (χ1n) is 6.09. The van der Waals surface area contributed by atoms with Crippen LogP contribution in [0, 0.1) is 11.3 Å². The molecule has 1 atom stereocenters. The van der Waals surface area contributed by atoms with Gasteiger partial charge in [-0.2, -0.15) is 5.26 Å². The average Bonchev–Trinajstić information content (AvgIpc) is 2.82. The highest BCUT2D eigenvalue weighted by molar-refractivity contribution is 8.01. The predicted molar refractivity (Wildman–Crippen MR) is 85.1 cm³/mol. The van der Waals surface area contributed by atoms with Crippen LogP contribution in [0.25, 0.3) is 11.1 Å². The van der Waals surface area contributed by atoms with Gasteiger partial charge in [0.1, 0.15) is 6.07 Å². The second-order valence-corrected chi connectivity index (χ2v) is 7.29. The molecule has 2 aromatic rings. The van der Waals surface area contributed by atoms with E-state index in [2.05, 4.69) is 25.3 Å². The molecule has 0 bridgehead atoms. The Bertz CT molecular complexity index is 596. The summed E-state index contributed by atoms with van der Waals surface area (Å²) in [5.41, 5.74) is 2.85. The van der Waals surface area contributed by atoms with Crippen LogP contribution in [-0.2, 0) is 0 Å². The highest BCUT2D eigenvalue weighted by Crippen LogP contribution is 2.39. The van der Waals surface area contributed by atoms with Gasteiger partial charge in [0, 0.05) is 21.2 Å². The third-order valence-corrected chi connectivity index (χ3v) is 5.66. The SMILES string of the molecule is CC[C@@H](C)Sc1scc(-c2ccc(Cl)cc2)c1C#N. The molecule has 0 saturated carbocycles. The fourth-order valence-corrected chi connectivity index (χ4v) is 4.18. The summed E-state index contributed by atoms with van der Waals surface area (Å²) in [6.07, 6.45) is 1.10. The molecule has 98 valence electrons. The molecule has 2 rings (SSSR count). The van der Waals surface area contributed by atoms with E-state index in [1.807, 2.05) is 24.3 Å². The van der Waals surface area contributed by atoms with E-state index in [1.54, 1.807) is 23.1 Å². The Morgan fingerprint density at radius 2 is 2.05 bits per heavy atom. The Morgan fingerprint density at radius 3 is 2.63 bits per heavy atom. The molecule has 0 unspecified atom stereocenters. The zero-order valence-corrected chi connectivity index (χ0v) is 13.2. The van der Waals surface area contributed by atoms with Crippen molar-refractivity contribution in [2.45, 2.75) is 29.7 Å². The molecule has 0 aliphatic heterocycles. The predicted octanol–water partition coefficient (Wildman–Crippen LogP) is 5.83. The molecule has 0 spiro atoms. The van der Waals surface area contributed by atoms with Crippen molar-refractivity contribution >= 4 is 34.7 Å².